The molecule has 5 nitrogen and oxygen atoms in total. The monoisotopic (exact) mass is 373 g/mol. The molecule has 5 heteroatoms. The Balaban J connectivity index is 1.73. The van der Waals surface area contributed by atoms with E-state index in [9.17, 15) is 9.59 Å². The van der Waals surface area contributed by atoms with Gasteiger partial charge in [0.25, 0.3) is 0 Å². The fraction of sp³-hybridized carbons (Fsp3) is 0.636. The lowest BCUT2D eigenvalue weighted by Crippen LogP contribution is -2.32. The summed E-state index contributed by atoms with van der Waals surface area (Å²) in [7, 11) is 0. The third-order valence-corrected chi connectivity index (χ3v) is 5.07. The standard InChI is InChI=1S/C22H35N3O2/c1-4-14-24(15-5-2)22(27)8-6-7-21(26)23-19-9-11-20(12-10-19)25-16-13-18(3)17-25/h9-12,18H,4-8,13-17H2,1-3H3,(H,23,26). The van der Waals surface area contributed by atoms with Gasteiger partial charge in [0, 0.05) is 50.4 Å². The molecule has 0 aromatic heterocycles. The van der Waals surface area contributed by atoms with E-state index in [0.717, 1.165) is 50.6 Å². The Morgan fingerprint density at radius 2 is 1.78 bits per heavy atom. The van der Waals surface area contributed by atoms with E-state index in [1.807, 2.05) is 17.0 Å². The smallest absolute Gasteiger partial charge is 0.224 e. The lowest BCUT2D eigenvalue weighted by molar-refractivity contribution is -0.131. The number of rotatable bonds is 10. The summed E-state index contributed by atoms with van der Waals surface area (Å²) in [5, 5.41) is 2.94. The normalized spacial score (nSPS) is 16.4. The van der Waals surface area contributed by atoms with Gasteiger partial charge in [-0.25, -0.2) is 0 Å². The summed E-state index contributed by atoms with van der Waals surface area (Å²) in [5.74, 6) is 0.885. The number of nitrogens with zero attached hydrogens (tertiary/aromatic N) is 2. The summed E-state index contributed by atoms with van der Waals surface area (Å²) in [6.07, 6.45) is 4.60. The average molecular weight is 374 g/mol. The van der Waals surface area contributed by atoms with Crippen LogP contribution >= 0.6 is 0 Å². The van der Waals surface area contributed by atoms with Crippen LogP contribution in [0.4, 0.5) is 11.4 Å². The van der Waals surface area contributed by atoms with Crippen molar-refractivity contribution < 1.29 is 9.59 Å². The van der Waals surface area contributed by atoms with E-state index < -0.39 is 0 Å². The Labute approximate surface area is 164 Å². The molecule has 2 rings (SSSR count). The van der Waals surface area contributed by atoms with Crippen LogP contribution in [0.2, 0.25) is 0 Å². The van der Waals surface area contributed by atoms with Crippen LogP contribution in [0.25, 0.3) is 0 Å². The molecule has 1 saturated heterocycles. The highest BCUT2D eigenvalue weighted by molar-refractivity contribution is 5.91. The zero-order valence-corrected chi connectivity index (χ0v) is 17.2. The van der Waals surface area contributed by atoms with Gasteiger partial charge in [0.2, 0.25) is 11.8 Å². The van der Waals surface area contributed by atoms with Crippen LogP contribution in [-0.4, -0.2) is 42.9 Å². The van der Waals surface area contributed by atoms with Gasteiger partial charge in [-0.2, -0.15) is 0 Å². The fourth-order valence-electron chi connectivity index (χ4n) is 3.61. The molecule has 27 heavy (non-hydrogen) atoms. The minimum absolute atomic E-state index is 0.0251. The summed E-state index contributed by atoms with van der Waals surface area (Å²) in [4.78, 5) is 28.7. The lowest BCUT2D eigenvalue weighted by atomic mass is 10.2. The molecular formula is C22H35N3O2. The van der Waals surface area contributed by atoms with Crippen molar-refractivity contribution in [2.75, 3.05) is 36.4 Å². The minimum atomic E-state index is -0.0251. The van der Waals surface area contributed by atoms with Gasteiger partial charge >= 0.3 is 0 Å². The maximum Gasteiger partial charge on any atom is 0.224 e. The summed E-state index contributed by atoms with van der Waals surface area (Å²) < 4.78 is 0. The molecule has 1 aliphatic heterocycles. The maximum atomic E-state index is 12.2. The topological polar surface area (TPSA) is 52.7 Å². The van der Waals surface area contributed by atoms with Crippen molar-refractivity contribution >= 4 is 23.2 Å². The van der Waals surface area contributed by atoms with Gasteiger partial charge in [-0.15, -0.1) is 0 Å². The van der Waals surface area contributed by atoms with E-state index in [1.165, 1.54) is 12.1 Å². The Morgan fingerprint density at radius 1 is 1.11 bits per heavy atom. The number of nitrogens with one attached hydrogen (secondary N) is 1. The molecule has 0 spiro atoms. The second-order valence-corrected chi connectivity index (χ2v) is 7.67. The van der Waals surface area contributed by atoms with Crippen LogP contribution in [0.5, 0.6) is 0 Å². The predicted octanol–water partition coefficient (Wildman–Crippen LogP) is 4.29. The third kappa shape index (κ3) is 6.89. The Kier molecular flexibility index (Phi) is 8.62. The molecule has 1 N–H and O–H groups in total. The predicted molar refractivity (Wildman–Crippen MR) is 112 cm³/mol. The van der Waals surface area contributed by atoms with Crippen LogP contribution in [0, 0.1) is 5.92 Å². The molecule has 0 aliphatic carbocycles. The van der Waals surface area contributed by atoms with Gasteiger partial charge in [-0.1, -0.05) is 20.8 Å². The van der Waals surface area contributed by atoms with Gasteiger partial charge < -0.3 is 15.1 Å². The molecule has 1 unspecified atom stereocenters. The molecule has 0 radical (unpaired) electrons. The second kappa shape index (κ2) is 11.0. The van der Waals surface area contributed by atoms with Crippen LogP contribution in [0.15, 0.2) is 24.3 Å². The highest BCUT2D eigenvalue weighted by Crippen LogP contribution is 2.24. The van der Waals surface area contributed by atoms with Crippen LogP contribution in [0.1, 0.15) is 59.3 Å². The van der Waals surface area contributed by atoms with Crippen molar-refractivity contribution in [1.29, 1.82) is 0 Å². The van der Waals surface area contributed by atoms with Crippen molar-refractivity contribution in [2.45, 2.75) is 59.3 Å². The summed E-state index contributed by atoms with van der Waals surface area (Å²) in [5.41, 5.74) is 2.04. The molecule has 1 aromatic carbocycles. The number of carbonyl (C=O) groups is 2. The highest BCUT2D eigenvalue weighted by atomic mass is 16.2. The van der Waals surface area contributed by atoms with E-state index in [4.69, 9.17) is 0 Å². The number of hydrogen-bond donors (Lipinski definition) is 1. The van der Waals surface area contributed by atoms with Gasteiger partial charge in [0.05, 0.1) is 0 Å². The third-order valence-electron chi connectivity index (χ3n) is 5.07. The first-order chi connectivity index (χ1) is 13.0. The van der Waals surface area contributed by atoms with E-state index in [1.54, 1.807) is 0 Å². The molecule has 1 aliphatic rings. The zero-order chi connectivity index (χ0) is 19.6. The average Bonchev–Trinajstić information content (AvgIpc) is 3.08. The van der Waals surface area contributed by atoms with E-state index in [-0.39, 0.29) is 11.8 Å². The van der Waals surface area contributed by atoms with Crippen molar-refractivity contribution in [1.82, 2.24) is 4.90 Å². The highest BCUT2D eigenvalue weighted by Gasteiger charge is 2.18. The summed E-state index contributed by atoms with van der Waals surface area (Å²) in [6.45, 7) is 10.3. The van der Waals surface area contributed by atoms with E-state index in [0.29, 0.717) is 19.3 Å². The Morgan fingerprint density at radius 3 is 2.33 bits per heavy atom. The first-order valence-electron chi connectivity index (χ1n) is 10.5. The fourth-order valence-corrected chi connectivity index (χ4v) is 3.61. The van der Waals surface area contributed by atoms with Crippen molar-refractivity contribution in [2.24, 2.45) is 5.92 Å². The first kappa shape index (κ1) is 21.3. The number of benzene rings is 1. The summed E-state index contributed by atoms with van der Waals surface area (Å²) >= 11 is 0. The lowest BCUT2D eigenvalue weighted by Gasteiger charge is -2.21. The largest absolute Gasteiger partial charge is 0.371 e. The first-order valence-corrected chi connectivity index (χ1v) is 10.5. The SMILES string of the molecule is CCCN(CCC)C(=O)CCCC(=O)Nc1ccc(N2CCC(C)C2)cc1. The van der Waals surface area contributed by atoms with Crippen molar-refractivity contribution in [3.8, 4) is 0 Å². The Bertz CT molecular complexity index is 594. The van der Waals surface area contributed by atoms with Crippen molar-refractivity contribution in [3.63, 3.8) is 0 Å². The van der Waals surface area contributed by atoms with Gasteiger partial charge in [-0.05, 0) is 55.9 Å². The molecule has 0 saturated carbocycles. The maximum absolute atomic E-state index is 12.2. The van der Waals surface area contributed by atoms with Crippen molar-refractivity contribution in [3.05, 3.63) is 24.3 Å². The number of hydrogen-bond acceptors (Lipinski definition) is 3. The number of amides is 2. The minimum Gasteiger partial charge on any atom is -0.371 e. The molecule has 2 amide bonds. The van der Waals surface area contributed by atoms with Gasteiger partial charge in [0.15, 0.2) is 0 Å². The molecule has 1 aromatic rings. The van der Waals surface area contributed by atoms with Crippen LogP contribution in [-0.2, 0) is 9.59 Å². The second-order valence-electron chi connectivity index (χ2n) is 7.67. The molecule has 1 heterocycles. The van der Waals surface area contributed by atoms with E-state index in [2.05, 4.69) is 43.1 Å². The molecule has 150 valence electrons. The summed E-state index contributed by atoms with van der Waals surface area (Å²) in [6, 6.07) is 8.08. The quantitative estimate of drug-likeness (QED) is 0.666. The van der Waals surface area contributed by atoms with Crippen LogP contribution in [0.3, 0.4) is 0 Å². The Hall–Kier alpha value is -2.04. The van der Waals surface area contributed by atoms with Gasteiger partial charge in [-0.3, -0.25) is 9.59 Å². The molecule has 0 bridgehead atoms. The molecule has 1 atom stereocenters. The molecule has 1 fully saturated rings. The van der Waals surface area contributed by atoms with E-state index >= 15 is 0 Å². The molecular weight excluding hydrogens is 338 g/mol. The number of carbonyl (C=O) groups excluding carboxylic acids is 2. The van der Waals surface area contributed by atoms with Crippen LogP contribution < -0.4 is 10.2 Å². The van der Waals surface area contributed by atoms with Gasteiger partial charge in [0.1, 0.15) is 0 Å². The zero-order valence-electron chi connectivity index (χ0n) is 17.2. The number of anilines is 2.